The molecule has 2 aromatic rings. The molecule has 1 saturated heterocycles. The normalized spacial score (nSPS) is 26.1. The Morgan fingerprint density at radius 2 is 2.25 bits per heavy atom. The first kappa shape index (κ1) is 22.6. The lowest BCUT2D eigenvalue weighted by molar-refractivity contribution is -0.0275. The van der Waals surface area contributed by atoms with Crippen molar-refractivity contribution in [1.29, 1.82) is 0 Å². The molecule has 0 aromatic carbocycles. The molecule has 4 rings (SSSR count). The molecular weight excluding hydrogens is 437 g/mol. The highest BCUT2D eigenvalue weighted by Gasteiger charge is 2.51. The summed E-state index contributed by atoms with van der Waals surface area (Å²) in [4.78, 5) is 23.4. The van der Waals surface area contributed by atoms with Crippen LogP contribution in [0.15, 0.2) is 42.5 Å². The van der Waals surface area contributed by atoms with Crippen molar-refractivity contribution in [2.24, 2.45) is 0 Å². The molecule has 12 heteroatoms. The van der Waals surface area contributed by atoms with E-state index in [1.54, 1.807) is 10.9 Å². The van der Waals surface area contributed by atoms with Crippen LogP contribution in [0.4, 0.5) is 5.95 Å². The van der Waals surface area contributed by atoms with Gasteiger partial charge in [0.05, 0.1) is 19.0 Å². The molecule has 172 valence electrons. The van der Waals surface area contributed by atoms with Crippen LogP contribution in [0.25, 0.3) is 11.2 Å². The topological polar surface area (TPSA) is 136 Å². The highest BCUT2D eigenvalue weighted by atomic mass is 31.2. The van der Waals surface area contributed by atoms with Crippen LogP contribution in [0.1, 0.15) is 32.9 Å². The summed E-state index contributed by atoms with van der Waals surface area (Å²) in [5.74, 6) is 0.888. The number of hydrogen-bond donors (Lipinski definition) is 2. The maximum absolute atomic E-state index is 10.6. The van der Waals surface area contributed by atoms with E-state index in [1.165, 1.54) is 6.08 Å². The van der Waals surface area contributed by atoms with Gasteiger partial charge in [0.1, 0.15) is 19.4 Å². The van der Waals surface area contributed by atoms with Crippen LogP contribution >= 0.6 is 8.17 Å². The molecule has 3 unspecified atom stereocenters. The first-order valence-electron chi connectivity index (χ1n) is 10.3. The summed E-state index contributed by atoms with van der Waals surface area (Å²) < 4.78 is 30.1. The molecular formula is C20H27N5O6P+. The number of fused-ring (bicyclic) bond motifs is 1. The van der Waals surface area contributed by atoms with Crippen LogP contribution in [0.5, 0.6) is 5.88 Å². The number of anilines is 1. The first-order valence-corrected chi connectivity index (χ1v) is 11.8. The van der Waals surface area contributed by atoms with E-state index in [0.29, 0.717) is 42.3 Å². The third kappa shape index (κ3) is 4.62. The van der Waals surface area contributed by atoms with Crippen LogP contribution in [-0.2, 0) is 18.3 Å². The number of hydrogen-bond acceptors (Lipinski definition) is 10. The molecule has 2 aliphatic rings. The minimum absolute atomic E-state index is 0.0996. The number of nitrogens with zero attached hydrogens (tertiary/aromatic N) is 4. The molecule has 2 aliphatic heterocycles. The van der Waals surface area contributed by atoms with Gasteiger partial charge in [-0.15, -0.1) is 9.05 Å². The quantitative estimate of drug-likeness (QED) is 0.560. The second-order valence-electron chi connectivity index (χ2n) is 7.16. The molecule has 0 amide bonds. The molecule has 32 heavy (non-hydrogen) atoms. The fourth-order valence-electron chi connectivity index (χ4n) is 3.54. The van der Waals surface area contributed by atoms with Crippen molar-refractivity contribution in [1.82, 2.24) is 19.5 Å². The Morgan fingerprint density at radius 1 is 1.41 bits per heavy atom. The molecule has 0 saturated carbocycles. The minimum atomic E-state index is -3.51. The summed E-state index contributed by atoms with van der Waals surface area (Å²) in [6, 6.07) is 0. The summed E-state index contributed by atoms with van der Waals surface area (Å²) in [6.45, 7) is 8.19. The van der Waals surface area contributed by atoms with E-state index in [-0.39, 0.29) is 31.5 Å². The largest absolute Gasteiger partial charge is 0.619 e. The minimum Gasteiger partial charge on any atom is -0.476 e. The molecule has 0 radical (unpaired) electrons. The summed E-state index contributed by atoms with van der Waals surface area (Å²) >= 11 is 0. The maximum atomic E-state index is 10.6. The highest BCUT2D eigenvalue weighted by Crippen LogP contribution is 2.62. The van der Waals surface area contributed by atoms with Gasteiger partial charge < -0.3 is 15.2 Å². The molecule has 4 heterocycles. The van der Waals surface area contributed by atoms with E-state index in [2.05, 4.69) is 21.5 Å². The van der Waals surface area contributed by atoms with Gasteiger partial charge in [-0.05, 0) is 32.8 Å². The average Bonchev–Trinajstić information content (AvgIpc) is 3.41. The van der Waals surface area contributed by atoms with Crippen LogP contribution in [0.2, 0.25) is 0 Å². The van der Waals surface area contributed by atoms with Gasteiger partial charge in [-0.25, -0.2) is 4.98 Å². The Hall–Kier alpha value is -2.56. The zero-order valence-electron chi connectivity index (χ0n) is 18.0. The number of allylic oxidation sites excluding steroid dienone is 2. The molecule has 0 bridgehead atoms. The molecule has 2 aromatic heterocycles. The van der Waals surface area contributed by atoms with Crippen LogP contribution in [0.3, 0.4) is 0 Å². The molecule has 0 aliphatic carbocycles. The van der Waals surface area contributed by atoms with E-state index >= 15 is 0 Å². The predicted molar refractivity (Wildman–Crippen MR) is 118 cm³/mol. The SMILES string of the molecule is C=CC1=C(/C=C\C)CO[P+](O)(OCC2CCC(n3cnc4c(OCC)nc(N)nc43)O2)O1. The Balaban J connectivity index is 1.41. The Morgan fingerprint density at radius 3 is 3.00 bits per heavy atom. The number of aromatic nitrogens is 4. The lowest BCUT2D eigenvalue weighted by Crippen LogP contribution is -2.21. The summed E-state index contributed by atoms with van der Waals surface area (Å²) in [5, 5.41) is 0. The van der Waals surface area contributed by atoms with E-state index in [9.17, 15) is 4.89 Å². The second kappa shape index (κ2) is 9.51. The Kier molecular flexibility index (Phi) is 6.73. The van der Waals surface area contributed by atoms with Crippen molar-refractivity contribution in [2.45, 2.75) is 39.0 Å². The average molecular weight is 464 g/mol. The Labute approximate surface area is 186 Å². The molecule has 0 spiro atoms. The lowest BCUT2D eigenvalue weighted by atomic mass is 10.2. The number of nitrogen functional groups attached to an aromatic ring is 1. The summed E-state index contributed by atoms with van der Waals surface area (Å²) in [7, 11) is -3.51. The fraction of sp³-hybridized carbons (Fsp3) is 0.450. The van der Waals surface area contributed by atoms with Gasteiger partial charge in [0.25, 0.3) is 0 Å². The smallest absolute Gasteiger partial charge is 0.476 e. The van der Waals surface area contributed by atoms with Crippen molar-refractivity contribution >= 4 is 25.3 Å². The number of rotatable bonds is 8. The molecule has 11 nitrogen and oxygen atoms in total. The maximum Gasteiger partial charge on any atom is 0.619 e. The number of ether oxygens (including phenoxy) is 2. The standard InChI is InChI=1S/C20H27N5O6P/c1-4-7-13-10-28-32(26,31-15(13)5-2)29-11-14-8-9-16(30-14)25-12-22-17-18(25)23-20(21)24-19(17)27-6-3/h4-5,7,12,14,16,26H,2,6,8-11H2,1,3H3,(H2,21,23,24)/q+1/b7-4-. The van der Waals surface area contributed by atoms with Gasteiger partial charge in [-0.2, -0.15) is 14.9 Å². The predicted octanol–water partition coefficient (Wildman–Crippen LogP) is 3.23. The van der Waals surface area contributed by atoms with Gasteiger partial charge in [-0.3, -0.25) is 9.09 Å². The van der Waals surface area contributed by atoms with Crippen molar-refractivity contribution in [3.63, 3.8) is 0 Å². The summed E-state index contributed by atoms with van der Waals surface area (Å²) in [6.07, 6.45) is 7.68. The zero-order valence-corrected chi connectivity index (χ0v) is 18.9. The Bertz CT molecular complexity index is 1060. The molecule has 3 N–H and O–H groups in total. The van der Waals surface area contributed by atoms with Crippen molar-refractivity contribution in [3.05, 3.63) is 42.5 Å². The number of nitrogens with two attached hydrogens (primary N) is 1. The van der Waals surface area contributed by atoms with E-state index in [1.807, 2.05) is 26.0 Å². The van der Waals surface area contributed by atoms with Gasteiger partial charge in [0.2, 0.25) is 11.8 Å². The molecule has 1 fully saturated rings. The van der Waals surface area contributed by atoms with Gasteiger partial charge in [0.15, 0.2) is 16.9 Å². The van der Waals surface area contributed by atoms with E-state index < -0.39 is 8.17 Å². The van der Waals surface area contributed by atoms with Crippen molar-refractivity contribution < 1.29 is 27.9 Å². The van der Waals surface area contributed by atoms with Gasteiger partial charge in [-0.1, -0.05) is 18.7 Å². The second-order valence-corrected chi connectivity index (χ2v) is 8.79. The fourth-order valence-corrected chi connectivity index (χ4v) is 4.82. The highest BCUT2D eigenvalue weighted by molar-refractivity contribution is 7.55. The van der Waals surface area contributed by atoms with Crippen LogP contribution < -0.4 is 10.5 Å². The third-order valence-corrected chi connectivity index (χ3v) is 6.33. The van der Waals surface area contributed by atoms with Gasteiger partial charge in [0, 0.05) is 5.57 Å². The van der Waals surface area contributed by atoms with E-state index in [4.69, 9.17) is 28.8 Å². The van der Waals surface area contributed by atoms with Gasteiger partial charge >= 0.3 is 8.17 Å². The monoisotopic (exact) mass is 464 g/mol. The molecule has 3 atom stereocenters. The lowest BCUT2D eigenvalue weighted by Gasteiger charge is -2.22. The summed E-state index contributed by atoms with van der Waals surface area (Å²) in [5.41, 5.74) is 7.68. The zero-order chi connectivity index (χ0) is 22.7. The third-order valence-electron chi connectivity index (χ3n) is 4.97. The van der Waals surface area contributed by atoms with E-state index in [0.717, 1.165) is 5.57 Å². The first-order chi connectivity index (χ1) is 15.5. The van der Waals surface area contributed by atoms with Crippen LogP contribution in [0, 0.1) is 0 Å². The number of imidazole rings is 1. The van der Waals surface area contributed by atoms with Crippen molar-refractivity contribution in [2.75, 3.05) is 25.6 Å². The van der Waals surface area contributed by atoms with Crippen LogP contribution in [-0.4, -0.2) is 50.3 Å². The van der Waals surface area contributed by atoms with Crippen molar-refractivity contribution in [3.8, 4) is 5.88 Å².